The van der Waals surface area contributed by atoms with Gasteiger partial charge in [-0.1, -0.05) is 13.8 Å². The summed E-state index contributed by atoms with van der Waals surface area (Å²) >= 11 is 0. The first-order valence-electron chi connectivity index (χ1n) is 7.08. The summed E-state index contributed by atoms with van der Waals surface area (Å²) in [4.78, 5) is 23.6. The fraction of sp³-hybridized carbons (Fsp3) is 0.375. The van der Waals surface area contributed by atoms with Gasteiger partial charge >= 0.3 is 5.97 Å². The molecule has 0 fully saturated rings. The number of ether oxygens (including phenoxy) is 1. The molecule has 0 unspecified atom stereocenters. The molecule has 1 heterocycles. The predicted octanol–water partition coefficient (Wildman–Crippen LogP) is 2.63. The van der Waals surface area contributed by atoms with Crippen molar-refractivity contribution >= 4 is 5.97 Å². The number of carbonyl (C=O) groups is 1. The zero-order chi connectivity index (χ0) is 16.4. The van der Waals surface area contributed by atoms with Crippen molar-refractivity contribution in [1.82, 2.24) is 4.57 Å². The van der Waals surface area contributed by atoms with E-state index >= 15 is 0 Å². The number of benzene rings is 1. The lowest BCUT2D eigenvalue weighted by Gasteiger charge is -2.20. The molecule has 0 atom stereocenters. The minimum absolute atomic E-state index is 0.0333. The maximum atomic E-state index is 13.5. The molecule has 1 N–H and O–H groups in total. The van der Waals surface area contributed by atoms with Crippen molar-refractivity contribution in [3.05, 3.63) is 40.1 Å². The summed E-state index contributed by atoms with van der Waals surface area (Å²) in [6.45, 7) is 6.16. The van der Waals surface area contributed by atoms with E-state index in [-0.39, 0.29) is 29.5 Å². The number of pyridine rings is 1. The van der Waals surface area contributed by atoms with Crippen LogP contribution in [0.4, 0.5) is 4.39 Å². The van der Waals surface area contributed by atoms with Crippen LogP contribution in [0.3, 0.4) is 0 Å². The minimum atomic E-state index is -0.896. The third kappa shape index (κ3) is 2.95. The number of rotatable bonds is 4. The molecule has 0 aromatic carbocycles. The lowest BCUT2D eigenvalue weighted by molar-refractivity contribution is 0.0508. The van der Waals surface area contributed by atoms with Crippen LogP contribution in [-0.2, 0) is 11.3 Å². The Balaban J connectivity index is 2.76. The van der Waals surface area contributed by atoms with Crippen LogP contribution < -0.4 is 5.43 Å². The summed E-state index contributed by atoms with van der Waals surface area (Å²) in [7, 11) is 0. The molecule has 0 amide bonds. The summed E-state index contributed by atoms with van der Waals surface area (Å²) in [6, 6.07) is 2.05. The van der Waals surface area contributed by atoms with Gasteiger partial charge in [0.1, 0.15) is 0 Å². The van der Waals surface area contributed by atoms with Crippen LogP contribution in [0.2, 0.25) is 0 Å². The third-order valence-electron chi connectivity index (χ3n) is 3.20. The number of aromatic nitrogens is 1. The number of nitrogens with zero attached hydrogens (tertiary/aromatic N) is 1. The molecule has 0 spiro atoms. The first-order valence-corrected chi connectivity index (χ1v) is 7.08. The molecule has 1 aliphatic carbocycles. The monoisotopic (exact) mass is 307 g/mol. The molecule has 0 bridgehead atoms. The summed E-state index contributed by atoms with van der Waals surface area (Å²) in [5, 5.41) is 10.4. The Labute approximate surface area is 127 Å². The Morgan fingerprint density at radius 2 is 2.09 bits per heavy atom. The fourth-order valence-corrected chi connectivity index (χ4v) is 2.33. The van der Waals surface area contributed by atoms with Crippen molar-refractivity contribution in [3.63, 3.8) is 0 Å². The van der Waals surface area contributed by atoms with Crippen LogP contribution >= 0.6 is 0 Å². The molecule has 0 aromatic rings. The van der Waals surface area contributed by atoms with Gasteiger partial charge in [0.05, 0.1) is 6.61 Å². The second kappa shape index (κ2) is 6.17. The van der Waals surface area contributed by atoms with Gasteiger partial charge in [-0.3, -0.25) is 4.79 Å². The number of fused-ring (bicyclic) bond motifs is 1. The molecule has 0 radical (unpaired) electrons. The van der Waals surface area contributed by atoms with Crippen molar-refractivity contribution in [2.75, 3.05) is 6.61 Å². The van der Waals surface area contributed by atoms with Gasteiger partial charge < -0.3 is 14.4 Å². The molecule has 6 heteroatoms. The summed E-state index contributed by atoms with van der Waals surface area (Å²) < 4.78 is 20.0. The van der Waals surface area contributed by atoms with E-state index < -0.39 is 17.2 Å². The van der Waals surface area contributed by atoms with Crippen LogP contribution in [0.1, 0.15) is 31.3 Å². The second-order valence-electron chi connectivity index (χ2n) is 5.46. The Morgan fingerprint density at radius 1 is 1.41 bits per heavy atom. The lowest BCUT2D eigenvalue weighted by Crippen LogP contribution is -2.19. The summed E-state index contributed by atoms with van der Waals surface area (Å²) in [5.41, 5.74) is -0.383. The molecule has 22 heavy (non-hydrogen) atoms. The first kappa shape index (κ1) is 16.0. The molecular weight excluding hydrogens is 289 g/mol. The van der Waals surface area contributed by atoms with E-state index in [9.17, 15) is 19.1 Å². The molecule has 0 saturated carbocycles. The van der Waals surface area contributed by atoms with E-state index in [2.05, 4.69) is 0 Å². The molecule has 0 aromatic heterocycles. The molecule has 2 aliphatic rings. The third-order valence-corrected chi connectivity index (χ3v) is 3.20. The van der Waals surface area contributed by atoms with Gasteiger partial charge in [-0.25, -0.2) is 9.18 Å². The highest BCUT2D eigenvalue weighted by Gasteiger charge is 2.24. The average Bonchev–Trinajstić information content (AvgIpc) is 2.41. The highest BCUT2D eigenvalue weighted by molar-refractivity contribution is 5.94. The number of hydrogen-bond donors (Lipinski definition) is 1. The Hall–Kier alpha value is -2.37. The van der Waals surface area contributed by atoms with Gasteiger partial charge in [0.15, 0.2) is 17.3 Å². The van der Waals surface area contributed by atoms with E-state index in [0.29, 0.717) is 12.1 Å². The van der Waals surface area contributed by atoms with Crippen LogP contribution in [-0.4, -0.2) is 22.2 Å². The standard InChI is InChI=1S/C16H18FNO4/c1-4-22-16(21)14-15(20)11-6-13(19)12(17)5-10(11)8-18(14)7-9(2)3/h5-6,8-9,20H,4,7H2,1-3H3. The number of halogens is 1. The van der Waals surface area contributed by atoms with Crippen molar-refractivity contribution in [1.29, 1.82) is 0 Å². The van der Waals surface area contributed by atoms with E-state index in [1.54, 1.807) is 13.1 Å². The Morgan fingerprint density at radius 3 is 2.68 bits per heavy atom. The quantitative estimate of drug-likeness (QED) is 0.882. The Kier molecular flexibility index (Phi) is 4.49. The van der Waals surface area contributed by atoms with Crippen LogP contribution in [0.25, 0.3) is 11.1 Å². The number of aromatic hydroxyl groups is 1. The number of esters is 1. The van der Waals surface area contributed by atoms with Crippen LogP contribution in [0.5, 0.6) is 5.75 Å². The maximum Gasteiger partial charge on any atom is 0.358 e. The van der Waals surface area contributed by atoms with E-state index in [4.69, 9.17) is 4.74 Å². The Bertz CT molecular complexity index is 736. The zero-order valence-corrected chi connectivity index (χ0v) is 12.7. The van der Waals surface area contributed by atoms with E-state index in [1.807, 2.05) is 13.8 Å². The van der Waals surface area contributed by atoms with Crippen LogP contribution in [0, 0.1) is 11.7 Å². The van der Waals surface area contributed by atoms with Gasteiger partial charge in [0.2, 0.25) is 5.43 Å². The molecule has 5 nitrogen and oxygen atoms in total. The van der Waals surface area contributed by atoms with Crippen LogP contribution in [0.15, 0.2) is 23.1 Å². The molecular formula is C16H18FNO4. The highest BCUT2D eigenvalue weighted by atomic mass is 19.1. The molecule has 2 rings (SSSR count). The van der Waals surface area contributed by atoms with E-state index in [1.165, 1.54) is 4.57 Å². The summed E-state index contributed by atoms with van der Waals surface area (Å²) in [6.07, 6.45) is 1.55. The largest absolute Gasteiger partial charge is 0.505 e. The van der Waals surface area contributed by atoms with Crippen molar-refractivity contribution in [2.45, 2.75) is 27.3 Å². The van der Waals surface area contributed by atoms with Gasteiger partial charge in [-0.15, -0.1) is 0 Å². The first-order chi connectivity index (χ1) is 10.3. The maximum absolute atomic E-state index is 13.5. The second-order valence-corrected chi connectivity index (χ2v) is 5.46. The van der Waals surface area contributed by atoms with Crippen molar-refractivity contribution < 1.29 is 19.0 Å². The van der Waals surface area contributed by atoms with E-state index in [0.717, 1.165) is 12.1 Å². The molecule has 0 saturated heterocycles. The molecule has 118 valence electrons. The SMILES string of the molecule is CCOC(=O)c1c(O)c2cc(=O)c(F)cc-2cn1CC(C)C. The summed E-state index contributed by atoms with van der Waals surface area (Å²) in [5.74, 6) is -1.75. The normalized spacial score (nSPS) is 11.1. The predicted molar refractivity (Wildman–Crippen MR) is 79.7 cm³/mol. The molecule has 1 aliphatic heterocycles. The minimum Gasteiger partial charge on any atom is -0.505 e. The number of carbonyl (C=O) groups excluding carboxylic acids is 1. The average molecular weight is 307 g/mol. The highest BCUT2D eigenvalue weighted by Crippen LogP contribution is 2.34. The fourth-order valence-electron chi connectivity index (χ4n) is 2.33. The van der Waals surface area contributed by atoms with Gasteiger partial charge in [-0.05, 0) is 18.9 Å². The topological polar surface area (TPSA) is 68.5 Å². The van der Waals surface area contributed by atoms with Gasteiger partial charge in [-0.2, -0.15) is 0 Å². The van der Waals surface area contributed by atoms with Crippen molar-refractivity contribution in [2.24, 2.45) is 5.92 Å². The van der Waals surface area contributed by atoms with Gasteiger partial charge in [0, 0.05) is 29.9 Å². The smallest absolute Gasteiger partial charge is 0.358 e. The van der Waals surface area contributed by atoms with Crippen molar-refractivity contribution in [3.8, 4) is 16.9 Å². The number of hydrogen-bond acceptors (Lipinski definition) is 4. The van der Waals surface area contributed by atoms with Gasteiger partial charge in [0.25, 0.3) is 0 Å². The lowest BCUT2D eigenvalue weighted by atomic mass is 10.0. The zero-order valence-electron chi connectivity index (χ0n) is 12.7.